The number of rotatable bonds is 0. The van der Waals surface area contributed by atoms with Crippen molar-refractivity contribution >= 4 is 0 Å². The second-order valence-corrected chi connectivity index (χ2v) is 0.692. The van der Waals surface area contributed by atoms with Gasteiger partial charge in [0.2, 0.25) is 0 Å². The van der Waals surface area contributed by atoms with Crippen LogP contribution in [0.15, 0.2) is 18.2 Å². The van der Waals surface area contributed by atoms with E-state index < -0.39 is 0 Å². The fourth-order valence-electron chi connectivity index (χ4n) is 0.0962. The van der Waals surface area contributed by atoms with Gasteiger partial charge >= 0.3 is 0 Å². The normalized spacial score (nSPS) is 12.8. The Hall–Kier alpha value is -0.0135. The van der Waals surface area contributed by atoms with Gasteiger partial charge in [0.05, 0.1) is 0 Å². The zero-order valence-corrected chi connectivity index (χ0v) is 3.61. The van der Waals surface area contributed by atoms with E-state index in [1.807, 2.05) is 18.2 Å². The molecule has 0 saturated heterocycles. The molecular formula is C4H3Co-. The minimum Gasteiger partial charge on any atom is -0.184 e. The Morgan fingerprint density at radius 1 is 1.40 bits per heavy atom. The first-order valence-electron chi connectivity index (χ1n) is 1.24. The number of hydrogen-bond acceptors (Lipinski definition) is 0. The monoisotopic (exact) mass is 110 g/mol. The Morgan fingerprint density at radius 3 is 1.60 bits per heavy atom. The number of hydrogen-bond donors (Lipinski definition) is 0. The largest absolute Gasteiger partial charge is 0.184 e. The van der Waals surface area contributed by atoms with E-state index in [0.29, 0.717) is 0 Å². The summed E-state index contributed by atoms with van der Waals surface area (Å²) in [4.78, 5) is 0. The van der Waals surface area contributed by atoms with Crippen molar-refractivity contribution in [1.82, 2.24) is 0 Å². The molecule has 0 bridgehead atoms. The summed E-state index contributed by atoms with van der Waals surface area (Å²) in [7, 11) is 0. The summed E-state index contributed by atoms with van der Waals surface area (Å²) in [6.45, 7) is 0. The molecule has 0 amide bonds. The standard InChI is InChI=1S/C4H3.Co/c1-2-4-3-1;/h1-3H;/q-1;. The quantitative estimate of drug-likeness (QED) is 0.406. The molecule has 1 radical (unpaired) electrons. The van der Waals surface area contributed by atoms with Crippen LogP contribution in [0.3, 0.4) is 0 Å². The van der Waals surface area contributed by atoms with Gasteiger partial charge in [-0.15, -0.1) is 0 Å². The van der Waals surface area contributed by atoms with Gasteiger partial charge < -0.3 is 0 Å². The second-order valence-electron chi connectivity index (χ2n) is 0.692. The van der Waals surface area contributed by atoms with Crippen LogP contribution in [-0.2, 0) is 16.8 Å². The smallest absolute Gasteiger partial charge is 0 e. The summed E-state index contributed by atoms with van der Waals surface area (Å²) in [6, 6.07) is 0. The predicted octanol–water partition coefficient (Wildman–Crippen LogP) is 0.913. The fraction of sp³-hybridized carbons (Fsp3) is 0. The summed E-state index contributed by atoms with van der Waals surface area (Å²) in [5, 5.41) is 0. The third-order valence-corrected chi connectivity index (χ3v) is 0.385. The molecule has 0 aliphatic heterocycles. The molecule has 0 heterocycles. The van der Waals surface area contributed by atoms with Crippen LogP contribution in [0.4, 0.5) is 0 Å². The van der Waals surface area contributed by atoms with Gasteiger partial charge in [0.15, 0.2) is 0 Å². The minimum absolute atomic E-state index is 0. The van der Waals surface area contributed by atoms with Crippen LogP contribution < -0.4 is 0 Å². The van der Waals surface area contributed by atoms with Gasteiger partial charge in [-0.05, 0) is 0 Å². The molecule has 29 valence electrons. The third kappa shape index (κ3) is 0.990. The van der Waals surface area contributed by atoms with Crippen molar-refractivity contribution < 1.29 is 16.8 Å². The minimum atomic E-state index is 0. The van der Waals surface area contributed by atoms with Crippen molar-refractivity contribution in [2.75, 3.05) is 0 Å². The van der Waals surface area contributed by atoms with Crippen molar-refractivity contribution in [3.63, 3.8) is 0 Å². The molecule has 5 heavy (non-hydrogen) atoms. The summed E-state index contributed by atoms with van der Waals surface area (Å²) in [5.41, 5.74) is 0. The molecule has 0 fully saturated rings. The molecule has 0 aromatic rings. The maximum Gasteiger partial charge on any atom is 0 e. The molecule has 1 aliphatic rings. The number of allylic oxidation sites excluding steroid dienone is 4. The Morgan fingerprint density at radius 2 is 1.60 bits per heavy atom. The van der Waals surface area contributed by atoms with Gasteiger partial charge in [-0.3, -0.25) is 0 Å². The van der Waals surface area contributed by atoms with Crippen molar-refractivity contribution in [3.8, 4) is 0 Å². The molecule has 0 N–H and O–H groups in total. The van der Waals surface area contributed by atoms with E-state index in [0.717, 1.165) is 0 Å². The molecule has 1 aliphatic carbocycles. The first-order chi connectivity index (χ1) is 2.00. The molecule has 0 aromatic heterocycles. The van der Waals surface area contributed by atoms with Crippen molar-refractivity contribution in [1.29, 1.82) is 0 Å². The molecule has 0 atom stereocenters. The van der Waals surface area contributed by atoms with Gasteiger partial charge in [0.25, 0.3) is 0 Å². The molecule has 0 nitrogen and oxygen atoms in total. The molecule has 1 heteroatoms. The van der Waals surface area contributed by atoms with Crippen LogP contribution in [0, 0.1) is 6.08 Å². The maximum atomic E-state index is 2.81. The Balaban J connectivity index is 0.000000160. The van der Waals surface area contributed by atoms with Gasteiger partial charge in [-0.2, -0.15) is 24.3 Å². The Kier molecular flexibility index (Phi) is 2.23. The van der Waals surface area contributed by atoms with Crippen LogP contribution in [0.1, 0.15) is 0 Å². The van der Waals surface area contributed by atoms with E-state index in [1.165, 1.54) is 0 Å². The zero-order chi connectivity index (χ0) is 2.83. The van der Waals surface area contributed by atoms with Crippen LogP contribution >= 0.6 is 0 Å². The van der Waals surface area contributed by atoms with Crippen molar-refractivity contribution in [3.05, 3.63) is 24.3 Å². The van der Waals surface area contributed by atoms with Crippen LogP contribution in [0.2, 0.25) is 0 Å². The SMILES string of the molecule is [C-]1=CC=C1.[Co]. The average Bonchev–Trinajstić information content (AvgIpc) is 0.722. The Labute approximate surface area is 41.8 Å². The first-order valence-corrected chi connectivity index (χ1v) is 1.24. The predicted molar refractivity (Wildman–Crippen MR) is 17.0 cm³/mol. The molecular weight excluding hydrogens is 107 g/mol. The molecule has 0 unspecified atom stereocenters. The van der Waals surface area contributed by atoms with E-state index >= 15 is 0 Å². The summed E-state index contributed by atoms with van der Waals surface area (Å²) in [6.07, 6.45) is 8.50. The molecule has 0 spiro atoms. The van der Waals surface area contributed by atoms with Crippen LogP contribution in [-0.4, -0.2) is 0 Å². The van der Waals surface area contributed by atoms with E-state index in [9.17, 15) is 0 Å². The van der Waals surface area contributed by atoms with Gasteiger partial charge in [0.1, 0.15) is 0 Å². The van der Waals surface area contributed by atoms with Gasteiger partial charge in [0, 0.05) is 16.8 Å². The fourth-order valence-corrected chi connectivity index (χ4v) is 0.0962. The van der Waals surface area contributed by atoms with Crippen molar-refractivity contribution in [2.24, 2.45) is 0 Å². The molecule has 1 rings (SSSR count). The second kappa shape index (κ2) is 2.24. The zero-order valence-electron chi connectivity index (χ0n) is 2.57. The van der Waals surface area contributed by atoms with E-state index in [-0.39, 0.29) is 16.8 Å². The van der Waals surface area contributed by atoms with Gasteiger partial charge in [-0.25, -0.2) is 0 Å². The summed E-state index contributed by atoms with van der Waals surface area (Å²) < 4.78 is 0. The van der Waals surface area contributed by atoms with Crippen LogP contribution in [0.25, 0.3) is 0 Å². The van der Waals surface area contributed by atoms with Gasteiger partial charge in [-0.1, -0.05) is 0 Å². The topological polar surface area (TPSA) is 0 Å². The molecule has 0 saturated carbocycles. The summed E-state index contributed by atoms with van der Waals surface area (Å²) in [5.74, 6) is 0. The van der Waals surface area contributed by atoms with E-state index in [2.05, 4.69) is 6.08 Å². The Bertz CT molecular complexity index is 44.0. The van der Waals surface area contributed by atoms with E-state index in [1.54, 1.807) is 0 Å². The molecule has 0 aromatic carbocycles. The first kappa shape index (κ1) is 4.99. The van der Waals surface area contributed by atoms with Crippen molar-refractivity contribution in [2.45, 2.75) is 0 Å². The third-order valence-electron chi connectivity index (χ3n) is 0.385. The maximum absolute atomic E-state index is 2.81. The summed E-state index contributed by atoms with van der Waals surface area (Å²) >= 11 is 0. The van der Waals surface area contributed by atoms with E-state index in [4.69, 9.17) is 0 Å². The van der Waals surface area contributed by atoms with Crippen LogP contribution in [0.5, 0.6) is 0 Å². The average molecular weight is 110 g/mol.